The lowest BCUT2D eigenvalue weighted by Crippen LogP contribution is -2.31. The summed E-state index contributed by atoms with van der Waals surface area (Å²) >= 11 is 0. The fourth-order valence-corrected chi connectivity index (χ4v) is 3.35. The number of H-pyrrole nitrogens is 1. The Morgan fingerprint density at radius 3 is 2.78 bits per heavy atom. The third-order valence-corrected chi connectivity index (χ3v) is 5.30. The van der Waals surface area contributed by atoms with Crippen molar-refractivity contribution in [2.75, 3.05) is 11.9 Å². The van der Waals surface area contributed by atoms with Crippen LogP contribution in [0.1, 0.15) is 48.9 Å². The molecule has 4 rings (SSSR count). The highest BCUT2D eigenvalue weighted by molar-refractivity contribution is 5.99. The van der Waals surface area contributed by atoms with E-state index in [4.69, 9.17) is 9.97 Å². The highest BCUT2D eigenvalue weighted by atomic mass is 16.1. The van der Waals surface area contributed by atoms with Crippen molar-refractivity contribution in [3.8, 4) is 11.3 Å². The summed E-state index contributed by atoms with van der Waals surface area (Å²) in [6.45, 7) is 9.10. The summed E-state index contributed by atoms with van der Waals surface area (Å²) in [6.07, 6.45) is 1.79. The normalized spacial score (nSPS) is 14.1. The van der Waals surface area contributed by atoms with Crippen molar-refractivity contribution in [2.45, 2.75) is 46.1 Å². The number of amides is 1. The number of fused-ring (bicyclic) bond motifs is 2. The maximum Gasteiger partial charge on any atom is 0.253 e. The molecule has 0 aliphatic carbocycles. The average Bonchev–Trinajstić information content (AvgIpc) is 3.07. The van der Waals surface area contributed by atoms with E-state index in [0.29, 0.717) is 6.54 Å². The Morgan fingerprint density at radius 1 is 1.22 bits per heavy atom. The minimum Gasteiger partial charge on any atom is -0.364 e. The zero-order chi connectivity index (χ0) is 19.2. The van der Waals surface area contributed by atoms with Crippen LogP contribution in [0.3, 0.4) is 0 Å². The molecule has 0 atom stereocenters. The Balaban J connectivity index is 1.85. The largest absolute Gasteiger partial charge is 0.364 e. The van der Waals surface area contributed by atoms with Gasteiger partial charge in [-0.3, -0.25) is 4.79 Å². The molecule has 1 aromatic carbocycles. The number of rotatable bonds is 4. The molecule has 27 heavy (non-hydrogen) atoms. The lowest BCUT2D eigenvalue weighted by molar-refractivity contribution is 0.0946. The lowest BCUT2D eigenvalue weighted by atomic mass is 10.0. The molecule has 0 spiro atoms. The van der Waals surface area contributed by atoms with E-state index in [1.54, 1.807) is 0 Å². The van der Waals surface area contributed by atoms with Crippen LogP contribution in [-0.4, -0.2) is 32.9 Å². The number of aromatic amines is 1. The molecule has 3 aromatic rings. The molecular weight excluding hydrogens is 338 g/mol. The molecule has 0 saturated carbocycles. The number of hydrogen-bond acceptors (Lipinski definition) is 4. The maximum atomic E-state index is 12.1. The first-order valence-corrected chi connectivity index (χ1v) is 9.44. The van der Waals surface area contributed by atoms with Gasteiger partial charge in [-0.25, -0.2) is 9.97 Å². The number of aromatic nitrogens is 3. The van der Waals surface area contributed by atoms with Crippen molar-refractivity contribution in [3.05, 3.63) is 41.2 Å². The number of carbonyl (C=O) groups is 1. The summed E-state index contributed by atoms with van der Waals surface area (Å²) in [5.41, 5.74) is 6.06. The van der Waals surface area contributed by atoms with E-state index >= 15 is 0 Å². The molecule has 1 aliphatic rings. The predicted molar refractivity (Wildman–Crippen MR) is 108 cm³/mol. The van der Waals surface area contributed by atoms with Gasteiger partial charge in [0.25, 0.3) is 5.91 Å². The van der Waals surface area contributed by atoms with Crippen molar-refractivity contribution in [3.63, 3.8) is 0 Å². The second-order valence-corrected chi connectivity index (χ2v) is 7.77. The number of anilines is 1. The van der Waals surface area contributed by atoms with Crippen LogP contribution in [0.15, 0.2) is 24.3 Å². The van der Waals surface area contributed by atoms with Crippen molar-refractivity contribution < 1.29 is 4.79 Å². The van der Waals surface area contributed by atoms with Gasteiger partial charge in [-0.05, 0) is 39.3 Å². The standard InChI is InChI=1S/C21H25N5O/c1-5-21(3,4)26-19-12(2)23-16-8-6-7-13(18(16)25-19)17-11-14-15(24-17)9-10-22-20(14)27/h6-8,11,24H,5,9-10H2,1-4H3,(H,22,27)(H,25,26). The van der Waals surface area contributed by atoms with Gasteiger partial charge < -0.3 is 15.6 Å². The van der Waals surface area contributed by atoms with Gasteiger partial charge in [-0.1, -0.05) is 19.1 Å². The molecule has 140 valence electrons. The van der Waals surface area contributed by atoms with Gasteiger partial charge in [0.1, 0.15) is 11.3 Å². The lowest BCUT2D eigenvalue weighted by Gasteiger charge is -2.26. The van der Waals surface area contributed by atoms with Crippen LogP contribution in [0.5, 0.6) is 0 Å². The number of benzene rings is 1. The molecular formula is C21H25N5O. The van der Waals surface area contributed by atoms with Crippen LogP contribution < -0.4 is 10.6 Å². The molecule has 3 heterocycles. The summed E-state index contributed by atoms with van der Waals surface area (Å²) in [5.74, 6) is 0.781. The zero-order valence-electron chi connectivity index (χ0n) is 16.2. The van der Waals surface area contributed by atoms with Crippen LogP contribution >= 0.6 is 0 Å². The van der Waals surface area contributed by atoms with Crippen LogP contribution in [0.25, 0.3) is 22.3 Å². The highest BCUT2D eigenvalue weighted by Crippen LogP contribution is 2.31. The highest BCUT2D eigenvalue weighted by Gasteiger charge is 2.22. The molecule has 0 fully saturated rings. The predicted octanol–water partition coefficient (Wildman–Crippen LogP) is 3.82. The zero-order valence-corrected chi connectivity index (χ0v) is 16.2. The number of aryl methyl sites for hydroxylation is 1. The molecule has 0 bridgehead atoms. The maximum absolute atomic E-state index is 12.1. The van der Waals surface area contributed by atoms with E-state index in [1.165, 1.54) is 0 Å². The fraction of sp³-hybridized carbons (Fsp3) is 0.381. The monoisotopic (exact) mass is 363 g/mol. The van der Waals surface area contributed by atoms with Crippen LogP contribution in [0, 0.1) is 6.92 Å². The van der Waals surface area contributed by atoms with E-state index in [1.807, 2.05) is 31.2 Å². The van der Waals surface area contributed by atoms with Gasteiger partial charge in [-0.2, -0.15) is 0 Å². The second-order valence-electron chi connectivity index (χ2n) is 7.77. The van der Waals surface area contributed by atoms with Crippen molar-refractivity contribution in [2.24, 2.45) is 0 Å². The second kappa shape index (κ2) is 6.37. The Bertz CT molecular complexity index is 1030. The number of hydrogen-bond donors (Lipinski definition) is 3. The molecule has 6 nitrogen and oxygen atoms in total. The Hall–Kier alpha value is -2.89. The Labute approximate surface area is 158 Å². The van der Waals surface area contributed by atoms with Crippen molar-refractivity contribution in [1.29, 1.82) is 0 Å². The van der Waals surface area contributed by atoms with Crippen molar-refractivity contribution >= 4 is 22.8 Å². The summed E-state index contributed by atoms with van der Waals surface area (Å²) in [5, 5.41) is 6.41. The molecule has 6 heteroatoms. The molecule has 1 aliphatic heterocycles. The minimum absolute atomic E-state index is 0.0204. The van der Waals surface area contributed by atoms with Crippen molar-refractivity contribution in [1.82, 2.24) is 20.3 Å². The van der Waals surface area contributed by atoms with E-state index in [2.05, 4.69) is 36.4 Å². The molecule has 0 unspecified atom stereocenters. The Morgan fingerprint density at radius 2 is 2.04 bits per heavy atom. The molecule has 0 radical (unpaired) electrons. The number of carbonyl (C=O) groups excluding carboxylic acids is 1. The SMILES string of the molecule is CCC(C)(C)Nc1nc2c(-c3cc4c([nH]3)CCNC4=O)cccc2nc1C. The van der Waals surface area contributed by atoms with E-state index < -0.39 is 0 Å². The van der Waals surface area contributed by atoms with E-state index in [0.717, 1.165) is 57.9 Å². The number of nitrogens with one attached hydrogen (secondary N) is 3. The first-order valence-electron chi connectivity index (χ1n) is 9.44. The number of para-hydroxylation sites is 1. The van der Waals surface area contributed by atoms with Gasteiger partial charge in [0.2, 0.25) is 0 Å². The smallest absolute Gasteiger partial charge is 0.253 e. The summed E-state index contributed by atoms with van der Waals surface area (Å²) in [7, 11) is 0. The molecule has 1 amide bonds. The van der Waals surface area contributed by atoms with Crippen LogP contribution in [-0.2, 0) is 6.42 Å². The Kier molecular flexibility index (Phi) is 4.13. The fourth-order valence-electron chi connectivity index (χ4n) is 3.35. The van der Waals surface area contributed by atoms with Gasteiger partial charge in [-0.15, -0.1) is 0 Å². The van der Waals surface area contributed by atoms with Gasteiger partial charge in [0.05, 0.1) is 16.8 Å². The van der Waals surface area contributed by atoms with Gasteiger partial charge in [0.15, 0.2) is 0 Å². The summed E-state index contributed by atoms with van der Waals surface area (Å²) in [6, 6.07) is 7.90. The van der Waals surface area contributed by atoms with Crippen LogP contribution in [0.4, 0.5) is 5.82 Å². The summed E-state index contributed by atoms with van der Waals surface area (Å²) < 4.78 is 0. The first kappa shape index (κ1) is 17.5. The van der Waals surface area contributed by atoms with Gasteiger partial charge >= 0.3 is 0 Å². The first-order chi connectivity index (χ1) is 12.9. The third-order valence-electron chi connectivity index (χ3n) is 5.30. The summed E-state index contributed by atoms with van der Waals surface area (Å²) in [4.78, 5) is 25.2. The number of nitrogens with zero attached hydrogens (tertiary/aromatic N) is 2. The third kappa shape index (κ3) is 3.16. The van der Waals surface area contributed by atoms with E-state index in [9.17, 15) is 4.79 Å². The molecule has 2 aromatic heterocycles. The molecule has 0 saturated heterocycles. The topological polar surface area (TPSA) is 82.7 Å². The minimum atomic E-state index is -0.0638. The van der Waals surface area contributed by atoms with Gasteiger partial charge in [0, 0.05) is 35.5 Å². The van der Waals surface area contributed by atoms with Crippen LogP contribution in [0.2, 0.25) is 0 Å². The molecule has 3 N–H and O–H groups in total. The van der Waals surface area contributed by atoms with E-state index in [-0.39, 0.29) is 11.4 Å². The average molecular weight is 363 g/mol. The quantitative estimate of drug-likeness (QED) is 0.658.